The fourth-order valence-electron chi connectivity index (χ4n) is 4.96. The van der Waals surface area contributed by atoms with Gasteiger partial charge >= 0.3 is 0 Å². The van der Waals surface area contributed by atoms with Crippen LogP contribution in [0, 0.1) is 11.8 Å². The molecule has 2 fully saturated rings. The molecular weight excluding hydrogens is 404 g/mol. The molecule has 32 heavy (non-hydrogen) atoms. The first-order valence-electron chi connectivity index (χ1n) is 12.0. The van der Waals surface area contributed by atoms with E-state index < -0.39 is 12.1 Å². The third-order valence-electron chi connectivity index (χ3n) is 6.96. The largest absolute Gasteiger partial charge is 0.343 e. The molecule has 0 radical (unpaired) electrons. The summed E-state index contributed by atoms with van der Waals surface area (Å²) in [6.07, 6.45) is 3.22. The molecule has 0 saturated carbocycles. The summed E-state index contributed by atoms with van der Waals surface area (Å²) in [6.45, 7) is 7.80. The van der Waals surface area contributed by atoms with Gasteiger partial charge in [-0.3, -0.25) is 14.4 Å². The van der Waals surface area contributed by atoms with Crippen LogP contribution in [0.3, 0.4) is 0 Å². The highest BCUT2D eigenvalue weighted by molar-refractivity contribution is 5.94. The molecule has 2 aliphatic rings. The second-order valence-electron chi connectivity index (χ2n) is 9.35. The Kier molecular flexibility index (Phi) is 8.29. The van der Waals surface area contributed by atoms with Crippen LogP contribution in [0.4, 0.5) is 0 Å². The van der Waals surface area contributed by atoms with Crippen molar-refractivity contribution in [3.8, 4) is 0 Å². The van der Waals surface area contributed by atoms with E-state index in [4.69, 9.17) is 0 Å². The van der Waals surface area contributed by atoms with Gasteiger partial charge in [-0.25, -0.2) is 0 Å². The van der Waals surface area contributed by atoms with E-state index in [0.29, 0.717) is 19.5 Å². The number of carbonyl (C=O) groups is 3. The number of nitrogens with zero attached hydrogens (tertiary/aromatic N) is 2. The third-order valence-corrected chi connectivity index (χ3v) is 6.96. The van der Waals surface area contributed by atoms with Gasteiger partial charge in [-0.1, -0.05) is 51.1 Å². The molecule has 176 valence electrons. The highest BCUT2D eigenvalue weighted by Gasteiger charge is 2.47. The van der Waals surface area contributed by atoms with Gasteiger partial charge in [0, 0.05) is 19.6 Å². The lowest BCUT2D eigenvalue weighted by atomic mass is 9.90. The van der Waals surface area contributed by atoms with Crippen LogP contribution in [0.15, 0.2) is 30.3 Å². The fraction of sp³-hybridized carbons (Fsp3) is 0.640. The van der Waals surface area contributed by atoms with Crippen molar-refractivity contribution in [3.63, 3.8) is 0 Å². The Balaban J connectivity index is 1.69. The van der Waals surface area contributed by atoms with E-state index in [1.54, 1.807) is 11.9 Å². The Bertz CT molecular complexity index is 794. The smallest absolute Gasteiger partial charge is 0.246 e. The predicted octanol–water partition coefficient (Wildman–Crippen LogP) is 1.82. The molecule has 0 spiro atoms. The van der Waals surface area contributed by atoms with E-state index >= 15 is 0 Å². The quantitative estimate of drug-likeness (QED) is 0.611. The maximum atomic E-state index is 13.5. The Morgan fingerprint density at radius 3 is 2.44 bits per heavy atom. The number of piperidine rings is 1. The maximum absolute atomic E-state index is 13.5. The van der Waals surface area contributed by atoms with Gasteiger partial charge in [-0.05, 0) is 50.1 Å². The summed E-state index contributed by atoms with van der Waals surface area (Å²) in [4.78, 5) is 43.2. The van der Waals surface area contributed by atoms with E-state index in [2.05, 4.69) is 22.8 Å². The van der Waals surface area contributed by atoms with Crippen molar-refractivity contribution in [2.24, 2.45) is 11.8 Å². The molecule has 3 rings (SSSR count). The Morgan fingerprint density at radius 1 is 1.12 bits per heavy atom. The number of likely N-dealkylation sites (N-methyl/N-ethyl adjacent to an activating group) is 1. The lowest BCUT2D eigenvalue weighted by Crippen LogP contribution is -2.60. The summed E-state index contributed by atoms with van der Waals surface area (Å²) >= 11 is 0. The first-order valence-corrected chi connectivity index (χ1v) is 12.0. The molecule has 2 aliphatic heterocycles. The van der Waals surface area contributed by atoms with Crippen LogP contribution >= 0.6 is 0 Å². The van der Waals surface area contributed by atoms with Crippen LogP contribution in [0.2, 0.25) is 0 Å². The summed E-state index contributed by atoms with van der Waals surface area (Å²) in [5, 5.41) is 5.94. The average Bonchev–Trinajstić information content (AvgIpc) is 3.23. The van der Waals surface area contributed by atoms with Gasteiger partial charge in [-0.2, -0.15) is 0 Å². The minimum absolute atomic E-state index is 0.0542. The molecule has 3 amide bonds. The highest BCUT2D eigenvalue weighted by atomic mass is 16.2. The molecular formula is C25H38N4O3. The molecule has 2 N–H and O–H groups in total. The molecule has 7 nitrogen and oxygen atoms in total. The Labute approximate surface area is 191 Å². The molecule has 0 aromatic heterocycles. The summed E-state index contributed by atoms with van der Waals surface area (Å²) < 4.78 is 0. The molecule has 4 atom stereocenters. The lowest BCUT2D eigenvalue weighted by Gasteiger charge is -2.39. The number of likely N-dealkylation sites (tertiary alicyclic amines) is 2. The van der Waals surface area contributed by atoms with Crippen LogP contribution < -0.4 is 10.6 Å². The molecule has 0 unspecified atom stereocenters. The van der Waals surface area contributed by atoms with Crippen molar-refractivity contribution < 1.29 is 14.4 Å². The van der Waals surface area contributed by atoms with Gasteiger partial charge in [0.15, 0.2) is 0 Å². The number of hydrogen-bond donors (Lipinski definition) is 2. The van der Waals surface area contributed by atoms with Gasteiger partial charge in [0.25, 0.3) is 0 Å². The van der Waals surface area contributed by atoms with Crippen LogP contribution in [0.1, 0.15) is 45.6 Å². The van der Waals surface area contributed by atoms with Gasteiger partial charge in [0.05, 0.1) is 6.04 Å². The fourth-order valence-corrected chi connectivity index (χ4v) is 4.96. The van der Waals surface area contributed by atoms with E-state index in [-0.39, 0.29) is 35.6 Å². The highest BCUT2D eigenvalue weighted by Crippen LogP contribution is 2.33. The van der Waals surface area contributed by atoms with Crippen molar-refractivity contribution in [1.29, 1.82) is 0 Å². The Morgan fingerprint density at radius 2 is 1.81 bits per heavy atom. The van der Waals surface area contributed by atoms with Crippen molar-refractivity contribution in [2.75, 3.05) is 26.7 Å². The number of carbonyl (C=O) groups excluding carboxylic acids is 3. The first-order chi connectivity index (χ1) is 15.4. The van der Waals surface area contributed by atoms with Crippen molar-refractivity contribution in [3.05, 3.63) is 35.9 Å². The zero-order chi connectivity index (χ0) is 23.3. The standard InChI is InChI=1S/C25H38N4O3/c1-5-20(26-4)23(30)27-21(17(2)3)24(31)29-16-13-19-12-15-28(25(32)22(19)29)14-11-18-9-7-6-8-10-18/h6-10,17,19-22,26H,5,11-16H2,1-4H3,(H,27,30)/t19-,20-,21-,22+/m0/s1. The van der Waals surface area contributed by atoms with Crippen LogP contribution in [0.25, 0.3) is 0 Å². The number of nitrogens with one attached hydrogen (secondary N) is 2. The molecule has 2 saturated heterocycles. The summed E-state index contributed by atoms with van der Waals surface area (Å²) in [5.74, 6) is -0.0998. The number of rotatable bonds is 9. The molecule has 1 aromatic carbocycles. The minimum atomic E-state index is -0.629. The zero-order valence-corrected chi connectivity index (χ0v) is 19.8. The zero-order valence-electron chi connectivity index (χ0n) is 19.8. The summed E-state index contributed by atoms with van der Waals surface area (Å²) in [5.41, 5.74) is 1.21. The van der Waals surface area contributed by atoms with E-state index in [1.807, 2.05) is 43.9 Å². The number of amides is 3. The van der Waals surface area contributed by atoms with Gasteiger partial charge in [0.2, 0.25) is 17.7 Å². The summed E-state index contributed by atoms with van der Waals surface area (Å²) in [6, 6.07) is 8.80. The van der Waals surface area contributed by atoms with E-state index in [1.165, 1.54) is 5.56 Å². The molecule has 7 heteroatoms. The van der Waals surface area contributed by atoms with Gasteiger partial charge in [0.1, 0.15) is 12.1 Å². The molecule has 0 bridgehead atoms. The number of benzene rings is 1. The lowest BCUT2D eigenvalue weighted by molar-refractivity contribution is -0.149. The maximum Gasteiger partial charge on any atom is 0.246 e. The third kappa shape index (κ3) is 5.31. The van der Waals surface area contributed by atoms with Crippen LogP contribution in [-0.2, 0) is 20.8 Å². The molecule has 1 aromatic rings. The number of fused-ring (bicyclic) bond motifs is 1. The van der Waals surface area contributed by atoms with E-state index in [9.17, 15) is 14.4 Å². The normalized spacial score (nSPS) is 22.6. The Hall–Kier alpha value is -2.41. The SMILES string of the molecule is CC[C@H](NC)C(=O)N[C@H](C(=O)N1CC[C@@H]2CCN(CCc3ccccc3)C(=O)[C@@H]21)C(C)C. The second-order valence-corrected chi connectivity index (χ2v) is 9.35. The predicted molar refractivity (Wildman–Crippen MR) is 125 cm³/mol. The van der Waals surface area contributed by atoms with Crippen LogP contribution in [0.5, 0.6) is 0 Å². The average molecular weight is 443 g/mol. The van der Waals surface area contributed by atoms with Crippen molar-refractivity contribution >= 4 is 17.7 Å². The first kappa shape index (κ1) is 24.2. The summed E-state index contributed by atoms with van der Waals surface area (Å²) in [7, 11) is 1.75. The van der Waals surface area contributed by atoms with Crippen molar-refractivity contribution in [1.82, 2.24) is 20.4 Å². The monoisotopic (exact) mass is 442 g/mol. The van der Waals surface area contributed by atoms with E-state index in [0.717, 1.165) is 25.8 Å². The minimum Gasteiger partial charge on any atom is -0.343 e. The van der Waals surface area contributed by atoms with Gasteiger partial charge < -0.3 is 20.4 Å². The van der Waals surface area contributed by atoms with Crippen LogP contribution in [-0.4, -0.2) is 72.3 Å². The molecule has 0 aliphatic carbocycles. The van der Waals surface area contributed by atoms with Gasteiger partial charge in [-0.15, -0.1) is 0 Å². The molecule has 2 heterocycles. The number of hydrogen-bond acceptors (Lipinski definition) is 4. The second kappa shape index (κ2) is 10.9. The van der Waals surface area contributed by atoms with Crippen molar-refractivity contribution in [2.45, 2.75) is 64.6 Å². The topological polar surface area (TPSA) is 81.8 Å².